The number of hydrogen-bond acceptors (Lipinski definition) is 4. The van der Waals surface area contributed by atoms with Crippen molar-refractivity contribution in [3.63, 3.8) is 0 Å². The predicted octanol–water partition coefficient (Wildman–Crippen LogP) is 2.41. The lowest BCUT2D eigenvalue weighted by molar-refractivity contribution is 0.0518. The standard InChI is InChI=1S/C21H25N3O4/c1-21(2,3)22-18(25)15-6-4-7-16(14-15)19(26)23-9-11-24(12-10-23)20(27)17-8-5-13-28-17/h4-8,13-14H,9-12H2,1-3H3,(H,22,25). The van der Waals surface area contributed by atoms with Crippen LogP contribution < -0.4 is 5.32 Å². The van der Waals surface area contributed by atoms with Gasteiger partial charge < -0.3 is 19.5 Å². The summed E-state index contributed by atoms with van der Waals surface area (Å²) in [7, 11) is 0. The van der Waals surface area contributed by atoms with E-state index in [0.717, 1.165) is 0 Å². The number of rotatable bonds is 3. The number of piperazine rings is 1. The molecule has 1 fully saturated rings. The van der Waals surface area contributed by atoms with Crippen molar-refractivity contribution in [1.82, 2.24) is 15.1 Å². The zero-order valence-corrected chi connectivity index (χ0v) is 16.4. The van der Waals surface area contributed by atoms with Crippen molar-refractivity contribution < 1.29 is 18.8 Å². The molecule has 1 aromatic carbocycles. The Kier molecular flexibility index (Phi) is 5.53. The number of nitrogens with zero attached hydrogens (tertiary/aromatic N) is 2. The Bertz CT molecular complexity index is 860. The maximum absolute atomic E-state index is 12.8. The van der Waals surface area contributed by atoms with Gasteiger partial charge in [0.05, 0.1) is 6.26 Å². The Balaban J connectivity index is 1.63. The van der Waals surface area contributed by atoms with E-state index in [9.17, 15) is 14.4 Å². The normalized spacial score (nSPS) is 14.7. The van der Waals surface area contributed by atoms with Crippen LogP contribution in [0.4, 0.5) is 0 Å². The fraction of sp³-hybridized carbons (Fsp3) is 0.381. The summed E-state index contributed by atoms with van der Waals surface area (Å²) < 4.78 is 5.15. The van der Waals surface area contributed by atoms with Crippen molar-refractivity contribution in [1.29, 1.82) is 0 Å². The van der Waals surface area contributed by atoms with Crippen LogP contribution in [0.25, 0.3) is 0 Å². The molecule has 1 aliphatic heterocycles. The van der Waals surface area contributed by atoms with Gasteiger partial charge >= 0.3 is 0 Å². The molecule has 148 valence electrons. The zero-order chi connectivity index (χ0) is 20.3. The van der Waals surface area contributed by atoms with E-state index >= 15 is 0 Å². The minimum absolute atomic E-state index is 0.143. The molecule has 0 unspecified atom stereocenters. The first-order valence-electron chi connectivity index (χ1n) is 9.29. The van der Waals surface area contributed by atoms with Crippen LogP contribution in [0.5, 0.6) is 0 Å². The molecule has 1 aliphatic rings. The van der Waals surface area contributed by atoms with E-state index < -0.39 is 0 Å². The molecule has 2 aromatic rings. The molecule has 0 bridgehead atoms. The first-order chi connectivity index (χ1) is 13.2. The average Bonchev–Trinajstić information content (AvgIpc) is 3.20. The van der Waals surface area contributed by atoms with Gasteiger partial charge in [-0.15, -0.1) is 0 Å². The molecular formula is C21H25N3O4. The van der Waals surface area contributed by atoms with E-state index in [2.05, 4.69) is 5.32 Å². The third kappa shape index (κ3) is 4.60. The summed E-state index contributed by atoms with van der Waals surface area (Å²) in [5.41, 5.74) is 0.563. The molecule has 7 heteroatoms. The van der Waals surface area contributed by atoms with Crippen molar-refractivity contribution >= 4 is 17.7 Å². The second kappa shape index (κ2) is 7.88. The van der Waals surface area contributed by atoms with Gasteiger partial charge in [-0.2, -0.15) is 0 Å². The minimum atomic E-state index is -0.353. The largest absolute Gasteiger partial charge is 0.459 e. The number of benzene rings is 1. The molecule has 3 amide bonds. The van der Waals surface area contributed by atoms with Crippen LogP contribution in [0, 0.1) is 0 Å². The van der Waals surface area contributed by atoms with Crippen LogP contribution in [0.3, 0.4) is 0 Å². The van der Waals surface area contributed by atoms with Crippen LogP contribution in [0.2, 0.25) is 0 Å². The lowest BCUT2D eigenvalue weighted by atomic mass is 10.1. The van der Waals surface area contributed by atoms with Crippen molar-refractivity contribution in [3.8, 4) is 0 Å². The van der Waals surface area contributed by atoms with Crippen LogP contribution >= 0.6 is 0 Å². The lowest BCUT2D eigenvalue weighted by Gasteiger charge is -2.34. The van der Waals surface area contributed by atoms with Gasteiger partial charge in [0.25, 0.3) is 17.7 Å². The quantitative estimate of drug-likeness (QED) is 0.882. The molecule has 0 radical (unpaired) electrons. The molecule has 0 saturated carbocycles. The first-order valence-corrected chi connectivity index (χ1v) is 9.29. The van der Waals surface area contributed by atoms with Gasteiger partial charge in [0.2, 0.25) is 0 Å². The number of amides is 3. The van der Waals surface area contributed by atoms with Gasteiger partial charge in [-0.3, -0.25) is 14.4 Å². The Labute approximate surface area is 164 Å². The van der Waals surface area contributed by atoms with Crippen molar-refractivity contribution in [2.75, 3.05) is 26.2 Å². The highest BCUT2D eigenvalue weighted by molar-refractivity contribution is 6.00. The second-order valence-electron chi connectivity index (χ2n) is 7.85. The molecule has 1 saturated heterocycles. The summed E-state index contributed by atoms with van der Waals surface area (Å²) in [6.07, 6.45) is 1.47. The molecule has 0 atom stereocenters. The summed E-state index contributed by atoms with van der Waals surface area (Å²) in [5, 5.41) is 2.90. The summed E-state index contributed by atoms with van der Waals surface area (Å²) in [6, 6.07) is 10.0. The summed E-state index contributed by atoms with van der Waals surface area (Å²) in [5.74, 6) is -0.221. The minimum Gasteiger partial charge on any atom is -0.459 e. The number of carbonyl (C=O) groups is 3. The van der Waals surface area contributed by atoms with E-state index in [1.54, 1.807) is 46.2 Å². The molecule has 0 aliphatic carbocycles. The van der Waals surface area contributed by atoms with E-state index in [4.69, 9.17) is 4.42 Å². The maximum Gasteiger partial charge on any atom is 0.289 e. The average molecular weight is 383 g/mol. The topological polar surface area (TPSA) is 82.9 Å². The molecule has 0 spiro atoms. The van der Waals surface area contributed by atoms with Gasteiger partial charge in [0, 0.05) is 42.8 Å². The fourth-order valence-electron chi connectivity index (χ4n) is 3.06. The van der Waals surface area contributed by atoms with Crippen LogP contribution in [0.1, 0.15) is 52.0 Å². The van der Waals surface area contributed by atoms with Crippen LogP contribution in [-0.2, 0) is 0 Å². The van der Waals surface area contributed by atoms with Crippen molar-refractivity contribution in [3.05, 3.63) is 59.5 Å². The highest BCUT2D eigenvalue weighted by Gasteiger charge is 2.27. The highest BCUT2D eigenvalue weighted by Crippen LogP contribution is 2.14. The molecular weight excluding hydrogens is 358 g/mol. The molecule has 1 aromatic heterocycles. The number of hydrogen-bond donors (Lipinski definition) is 1. The Morgan fingerprint density at radius 3 is 2.07 bits per heavy atom. The van der Waals surface area contributed by atoms with Crippen LogP contribution in [0.15, 0.2) is 47.1 Å². The summed E-state index contributed by atoms with van der Waals surface area (Å²) in [6.45, 7) is 7.47. The molecule has 2 heterocycles. The fourth-order valence-corrected chi connectivity index (χ4v) is 3.06. The molecule has 1 N–H and O–H groups in total. The van der Waals surface area contributed by atoms with Gasteiger partial charge in [0.15, 0.2) is 5.76 Å². The van der Waals surface area contributed by atoms with E-state index in [1.807, 2.05) is 20.8 Å². The predicted molar refractivity (Wildman–Crippen MR) is 104 cm³/mol. The van der Waals surface area contributed by atoms with E-state index in [1.165, 1.54) is 6.26 Å². The van der Waals surface area contributed by atoms with Gasteiger partial charge in [-0.25, -0.2) is 0 Å². The van der Waals surface area contributed by atoms with Crippen molar-refractivity contribution in [2.24, 2.45) is 0 Å². The third-order valence-electron chi connectivity index (χ3n) is 4.45. The molecule has 7 nitrogen and oxygen atoms in total. The summed E-state index contributed by atoms with van der Waals surface area (Å²) >= 11 is 0. The van der Waals surface area contributed by atoms with E-state index in [-0.39, 0.29) is 23.3 Å². The smallest absolute Gasteiger partial charge is 0.289 e. The number of furan rings is 1. The Morgan fingerprint density at radius 2 is 1.50 bits per heavy atom. The highest BCUT2D eigenvalue weighted by atomic mass is 16.3. The molecule has 28 heavy (non-hydrogen) atoms. The molecule has 3 rings (SSSR count). The third-order valence-corrected chi connectivity index (χ3v) is 4.45. The number of nitrogens with one attached hydrogen (secondary N) is 1. The SMILES string of the molecule is CC(C)(C)NC(=O)c1cccc(C(=O)N2CCN(C(=O)c3ccco3)CC2)c1. The van der Waals surface area contributed by atoms with Gasteiger partial charge in [0.1, 0.15) is 0 Å². The maximum atomic E-state index is 12.8. The van der Waals surface area contributed by atoms with Crippen LogP contribution in [-0.4, -0.2) is 59.2 Å². The monoisotopic (exact) mass is 383 g/mol. The first kappa shape index (κ1) is 19.7. The van der Waals surface area contributed by atoms with E-state index in [0.29, 0.717) is 43.1 Å². The van der Waals surface area contributed by atoms with Crippen molar-refractivity contribution in [2.45, 2.75) is 26.3 Å². The summed E-state index contributed by atoms with van der Waals surface area (Å²) in [4.78, 5) is 40.9. The second-order valence-corrected chi connectivity index (χ2v) is 7.85. The Morgan fingerprint density at radius 1 is 0.893 bits per heavy atom. The number of carbonyl (C=O) groups excluding carboxylic acids is 3. The lowest BCUT2D eigenvalue weighted by Crippen LogP contribution is -2.50. The Hall–Kier alpha value is -3.09. The van der Waals surface area contributed by atoms with Gasteiger partial charge in [-0.1, -0.05) is 6.07 Å². The van der Waals surface area contributed by atoms with Gasteiger partial charge in [-0.05, 0) is 51.1 Å². The zero-order valence-electron chi connectivity index (χ0n) is 16.4.